The fourth-order valence-corrected chi connectivity index (χ4v) is 3.31. The molecule has 2 unspecified atom stereocenters. The van der Waals surface area contributed by atoms with Crippen LogP contribution in [0.25, 0.3) is 11.0 Å². The molecule has 6 nitrogen and oxygen atoms in total. The van der Waals surface area contributed by atoms with Crippen LogP contribution in [0.3, 0.4) is 0 Å². The minimum Gasteiger partial charge on any atom is -0.349 e. The van der Waals surface area contributed by atoms with Crippen molar-refractivity contribution in [1.29, 1.82) is 0 Å². The van der Waals surface area contributed by atoms with Crippen molar-refractivity contribution in [2.24, 2.45) is 7.05 Å². The van der Waals surface area contributed by atoms with E-state index in [-0.39, 0.29) is 23.0 Å². The van der Waals surface area contributed by atoms with Crippen LogP contribution in [0.2, 0.25) is 0 Å². The number of nitrogens with zero attached hydrogens (tertiary/aromatic N) is 4. The summed E-state index contributed by atoms with van der Waals surface area (Å²) in [5, 5.41) is 8.31. The molecular weight excluding hydrogens is 341 g/mol. The third-order valence-corrected chi connectivity index (χ3v) is 5.00. The van der Waals surface area contributed by atoms with Crippen molar-refractivity contribution in [1.82, 2.24) is 25.1 Å². The predicted molar refractivity (Wildman–Crippen MR) is 94.6 cm³/mol. The molecule has 25 heavy (non-hydrogen) atoms. The highest BCUT2D eigenvalue weighted by molar-refractivity contribution is 8.00. The average molecular weight is 359 g/mol. The van der Waals surface area contributed by atoms with E-state index < -0.39 is 0 Å². The van der Waals surface area contributed by atoms with Gasteiger partial charge in [0.05, 0.1) is 22.9 Å². The van der Waals surface area contributed by atoms with Crippen LogP contribution in [0.15, 0.2) is 41.8 Å². The van der Waals surface area contributed by atoms with Gasteiger partial charge < -0.3 is 5.32 Å². The van der Waals surface area contributed by atoms with Gasteiger partial charge in [-0.1, -0.05) is 23.9 Å². The molecule has 0 saturated heterocycles. The van der Waals surface area contributed by atoms with Crippen molar-refractivity contribution >= 4 is 28.7 Å². The Kier molecular flexibility index (Phi) is 4.98. The first-order chi connectivity index (χ1) is 12.0. The summed E-state index contributed by atoms with van der Waals surface area (Å²) in [5.74, 6) is -0.409. The number of hydrogen-bond donors (Lipinski definition) is 1. The van der Waals surface area contributed by atoms with E-state index in [1.54, 1.807) is 23.0 Å². The molecule has 3 aromatic rings. The maximum absolute atomic E-state index is 13.0. The second kappa shape index (κ2) is 7.18. The molecule has 2 atom stereocenters. The van der Waals surface area contributed by atoms with Gasteiger partial charge in [0.1, 0.15) is 17.2 Å². The summed E-state index contributed by atoms with van der Waals surface area (Å²) >= 11 is 1.36. The first kappa shape index (κ1) is 17.3. The van der Waals surface area contributed by atoms with E-state index in [4.69, 9.17) is 0 Å². The highest BCUT2D eigenvalue weighted by atomic mass is 32.2. The monoisotopic (exact) mass is 359 g/mol. The molecule has 8 heteroatoms. The summed E-state index contributed by atoms with van der Waals surface area (Å²) < 4.78 is 14.7. The maximum Gasteiger partial charge on any atom is 0.233 e. The van der Waals surface area contributed by atoms with Gasteiger partial charge in [0.2, 0.25) is 5.91 Å². The number of rotatable bonds is 5. The summed E-state index contributed by atoms with van der Waals surface area (Å²) in [4.78, 5) is 20.9. The van der Waals surface area contributed by atoms with Crippen molar-refractivity contribution in [3.63, 3.8) is 0 Å². The predicted octanol–water partition coefficient (Wildman–Crippen LogP) is 2.86. The Morgan fingerprint density at radius 3 is 2.68 bits per heavy atom. The maximum atomic E-state index is 13.0. The normalized spacial score (nSPS) is 13.6. The summed E-state index contributed by atoms with van der Waals surface area (Å²) in [7, 11) is 1.81. The summed E-state index contributed by atoms with van der Waals surface area (Å²) in [6.45, 7) is 3.69. The molecule has 2 heterocycles. The van der Waals surface area contributed by atoms with E-state index in [1.807, 2.05) is 20.9 Å². The molecule has 0 aliphatic heterocycles. The van der Waals surface area contributed by atoms with Gasteiger partial charge in [-0.05, 0) is 31.5 Å². The van der Waals surface area contributed by atoms with Crippen LogP contribution in [0.4, 0.5) is 4.39 Å². The lowest BCUT2D eigenvalue weighted by molar-refractivity contribution is -0.120. The van der Waals surface area contributed by atoms with Crippen LogP contribution < -0.4 is 5.32 Å². The zero-order chi connectivity index (χ0) is 18.0. The Labute approximate surface area is 148 Å². The van der Waals surface area contributed by atoms with Gasteiger partial charge in [-0.2, -0.15) is 5.10 Å². The molecule has 1 amide bonds. The zero-order valence-electron chi connectivity index (χ0n) is 14.1. The largest absolute Gasteiger partial charge is 0.349 e. The van der Waals surface area contributed by atoms with Gasteiger partial charge in [0.15, 0.2) is 5.65 Å². The van der Waals surface area contributed by atoms with E-state index in [2.05, 4.69) is 20.4 Å². The summed E-state index contributed by atoms with van der Waals surface area (Å²) in [5.41, 5.74) is 1.58. The number of thioether (sulfide) groups is 1. The number of amides is 1. The topological polar surface area (TPSA) is 72.7 Å². The van der Waals surface area contributed by atoms with Crippen LogP contribution >= 0.6 is 11.8 Å². The first-order valence-corrected chi connectivity index (χ1v) is 8.69. The Morgan fingerprint density at radius 2 is 1.96 bits per heavy atom. The molecule has 0 bridgehead atoms. The number of aromatic nitrogens is 4. The molecule has 3 rings (SSSR count). The second-order valence-corrected chi connectivity index (χ2v) is 7.06. The second-order valence-electron chi connectivity index (χ2n) is 5.73. The highest BCUT2D eigenvalue weighted by Gasteiger charge is 2.20. The molecule has 130 valence electrons. The molecule has 0 saturated carbocycles. The van der Waals surface area contributed by atoms with Crippen LogP contribution in [0, 0.1) is 5.82 Å². The van der Waals surface area contributed by atoms with Gasteiger partial charge in [0, 0.05) is 7.05 Å². The number of nitrogens with one attached hydrogen (secondary N) is 1. The smallest absolute Gasteiger partial charge is 0.233 e. The van der Waals surface area contributed by atoms with Crippen LogP contribution in [-0.2, 0) is 11.8 Å². The van der Waals surface area contributed by atoms with Crippen molar-refractivity contribution in [3.05, 3.63) is 48.2 Å². The SMILES string of the molecule is CC(Sc1ncnc2c1cnn2C)C(=O)NC(C)c1ccc(F)cc1. The molecule has 0 fully saturated rings. The zero-order valence-corrected chi connectivity index (χ0v) is 14.9. The van der Waals surface area contributed by atoms with Gasteiger partial charge in [-0.25, -0.2) is 14.4 Å². The minimum atomic E-state index is -0.346. The van der Waals surface area contributed by atoms with Crippen LogP contribution in [-0.4, -0.2) is 30.9 Å². The molecule has 1 aromatic carbocycles. The lowest BCUT2D eigenvalue weighted by Crippen LogP contribution is -2.33. The number of aryl methyl sites for hydroxylation is 1. The lowest BCUT2D eigenvalue weighted by Gasteiger charge is -2.17. The quantitative estimate of drug-likeness (QED) is 0.560. The third kappa shape index (κ3) is 3.79. The van der Waals surface area contributed by atoms with E-state index in [0.29, 0.717) is 0 Å². The van der Waals surface area contributed by atoms with E-state index in [0.717, 1.165) is 21.6 Å². The highest BCUT2D eigenvalue weighted by Crippen LogP contribution is 2.28. The average Bonchev–Trinajstić information content (AvgIpc) is 2.97. The standard InChI is InChI=1S/C17H18FN5OS/c1-10(12-4-6-13(18)7-5-12)22-16(24)11(2)25-17-14-8-21-23(3)15(14)19-9-20-17/h4-11H,1-3H3,(H,22,24). The van der Waals surface area contributed by atoms with Crippen molar-refractivity contribution in [2.75, 3.05) is 0 Å². The summed E-state index contributed by atoms with van der Waals surface area (Å²) in [6.07, 6.45) is 3.17. The number of carbonyl (C=O) groups is 1. The van der Waals surface area contributed by atoms with Crippen LogP contribution in [0.1, 0.15) is 25.5 Å². The van der Waals surface area contributed by atoms with Crippen molar-refractivity contribution in [3.8, 4) is 0 Å². The number of hydrogen-bond acceptors (Lipinski definition) is 5. The molecular formula is C17H18FN5OS. The van der Waals surface area contributed by atoms with Crippen molar-refractivity contribution < 1.29 is 9.18 Å². The molecule has 0 aliphatic rings. The van der Waals surface area contributed by atoms with Gasteiger partial charge in [-0.15, -0.1) is 0 Å². The molecule has 1 N–H and O–H groups in total. The van der Waals surface area contributed by atoms with E-state index in [9.17, 15) is 9.18 Å². The van der Waals surface area contributed by atoms with Gasteiger partial charge in [-0.3, -0.25) is 9.48 Å². The lowest BCUT2D eigenvalue weighted by atomic mass is 10.1. The number of carbonyl (C=O) groups excluding carboxylic acids is 1. The fraction of sp³-hybridized carbons (Fsp3) is 0.294. The number of fused-ring (bicyclic) bond motifs is 1. The fourth-order valence-electron chi connectivity index (χ4n) is 2.42. The van der Waals surface area contributed by atoms with Crippen molar-refractivity contribution in [2.45, 2.75) is 30.2 Å². The van der Waals surface area contributed by atoms with Gasteiger partial charge in [0.25, 0.3) is 0 Å². The van der Waals surface area contributed by atoms with E-state index in [1.165, 1.54) is 30.2 Å². The number of halogens is 1. The Hall–Kier alpha value is -2.48. The Morgan fingerprint density at radius 1 is 1.24 bits per heavy atom. The molecule has 0 spiro atoms. The first-order valence-electron chi connectivity index (χ1n) is 7.81. The van der Waals surface area contributed by atoms with Crippen LogP contribution in [0.5, 0.6) is 0 Å². The summed E-state index contributed by atoms with van der Waals surface area (Å²) in [6, 6.07) is 5.90. The van der Waals surface area contributed by atoms with E-state index >= 15 is 0 Å². The van der Waals surface area contributed by atoms with Gasteiger partial charge >= 0.3 is 0 Å². The third-order valence-electron chi connectivity index (χ3n) is 3.88. The minimum absolute atomic E-state index is 0.113. The molecule has 0 aliphatic carbocycles. The Bertz CT molecular complexity index is 896. The molecule has 0 radical (unpaired) electrons. The molecule has 2 aromatic heterocycles. The number of benzene rings is 1. The Balaban J connectivity index is 1.68.